The average Bonchev–Trinajstić information content (AvgIpc) is 3.44. The first-order valence-corrected chi connectivity index (χ1v) is 12.7. The van der Waals surface area contributed by atoms with Gasteiger partial charge in [-0.1, -0.05) is 6.07 Å². The van der Waals surface area contributed by atoms with Gasteiger partial charge in [0.1, 0.15) is 0 Å². The van der Waals surface area contributed by atoms with E-state index >= 15 is 0 Å². The van der Waals surface area contributed by atoms with E-state index in [0.717, 1.165) is 61.8 Å². The molecule has 1 unspecified atom stereocenters. The van der Waals surface area contributed by atoms with Gasteiger partial charge in [0.2, 0.25) is 5.88 Å². The maximum atomic E-state index is 13.0. The number of anilines is 1. The van der Waals surface area contributed by atoms with Crippen molar-refractivity contribution in [1.82, 2.24) is 19.4 Å². The van der Waals surface area contributed by atoms with Crippen molar-refractivity contribution >= 4 is 21.7 Å². The highest BCUT2D eigenvalue weighted by Gasteiger charge is 2.31. The molecule has 2 N–H and O–H groups in total. The van der Waals surface area contributed by atoms with Crippen LogP contribution in [0, 0.1) is 0 Å². The number of ether oxygens (including phenoxy) is 1. The molecule has 2 aliphatic carbocycles. The summed E-state index contributed by atoms with van der Waals surface area (Å²) in [7, 11) is -0.200. The number of rotatable bonds is 4. The summed E-state index contributed by atoms with van der Waals surface area (Å²) in [4.78, 5) is 14.8. The summed E-state index contributed by atoms with van der Waals surface area (Å²) >= 11 is 0. The number of amides is 2. The van der Waals surface area contributed by atoms with E-state index in [-0.39, 0.29) is 16.8 Å². The molecule has 0 radical (unpaired) electrons. The van der Waals surface area contributed by atoms with Crippen LogP contribution < -0.4 is 14.8 Å². The van der Waals surface area contributed by atoms with Crippen molar-refractivity contribution in [3.05, 3.63) is 34.5 Å². The van der Waals surface area contributed by atoms with Gasteiger partial charge in [0.05, 0.1) is 19.3 Å². The maximum absolute atomic E-state index is 13.0. The number of hydrogen-bond acceptors (Lipinski definition) is 6. The Labute approximate surface area is 188 Å². The molecular weight excluding hydrogens is 430 g/mol. The number of fused-ring (bicyclic) bond motifs is 3. The Kier molecular flexibility index (Phi) is 5.37. The molecule has 0 spiro atoms. The predicted molar refractivity (Wildman–Crippen MR) is 120 cm³/mol. The number of urea groups is 1. The highest BCUT2D eigenvalue weighted by molar-refractivity contribution is 7.90. The molecular formula is C22H29N5O4S. The first-order chi connectivity index (χ1) is 15.3. The topological polar surface area (TPSA) is 106 Å². The Bertz CT molecular complexity index is 1140. The van der Waals surface area contributed by atoms with Gasteiger partial charge in [0.15, 0.2) is 4.90 Å². The smallest absolute Gasteiger partial charge is 0.333 e. The molecule has 2 amide bonds. The van der Waals surface area contributed by atoms with Crippen LogP contribution in [0.3, 0.4) is 0 Å². The van der Waals surface area contributed by atoms with Crippen LogP contribution in [0.2, 0.25) is 0 Å². The molecule has 1 aromatic heterocycles. The molecule has 3 aliphatic rings. The minimum atomic E-state index is -4.14. The van der Waals surface area contributed by atoms with Crippen LogP contribution >= 0.6 is 0 Å². The second-order valence-corrected chi connectivity index (χ2v) is 10.7. The number of hydrogen-bond donors (Lipinski definition) is 2. The third-order valence-corrected chi connectivity index (χ3v) is 8.10. The summed E-state index contributed by atoms with van der Waals surface area (Å²) in [6.45, 7) is 0.901. The lowest BCUT2D eigenvalue weighted by Gasteiger charge is -2.21. The van der Waals surface area contributed by atoms with E-state index in [1.165, 1.54) is 17.3 Å². The van der Waals surface area contributed by atoms with Gasteiger partial charge in [-0.15, -0.1) is 0 Å². The van der Waals surface area contributed by atoms with Crippen molar-refractivity contribution in [2.75, 3.05) is 26.0 Å². The summed E-state index contributed by atoms with van der Waals surface area (Å²) in [6.07, 6.45) is 7.94. The number of likely N-dealkylation sites (N-methyl/N-ethyl adjacent to an activating group) is 1. The van der Waals surface area contributed by atoms with Crippen molar-refractivity contribution in [3.8, 4) is 5.88 Å². The minimum Gasteiger partial charge on any atom is -0.477 e. The Morgan fingerprint density at radius 3 is 2.50 bits per heavy atom. The van der Waals surface area contributed by atoms with Crippen LogP contribution in [-0.4, -0.2) is 55.9 Å². The van der Waals surface area contributed by atoms with E-state index in [4.69, 9.17) is 4.74 Å². The van der Waals surface area contributed by atoms with Crippen LogP contribution in [0.5, 0.6) is 5.88 Å². The fourth-order valence-electron chi connectivity index (χ4n) is 5.10. The summed E-state index contributed by atoms with van der Waals surface area (Å²) in [5.74, 6) is 0.177. The fraction of sp³-hybridized carbons (Fsp3) is 0.545. The van der Waals surface area contributed by atoms with Gasteiger partial charge in [-0.25, -0.2) is 22.6 Å². The monoisotopic (exact) mass is 459 g/mol. The molecule has 32 heavy (non-hydrogen) atoms. The SMILES string of the molecule is CN(C)C1CCOc2c(S(=O)(=O)NC(=O)Nc3c4c(cc5c3CCC5)CCC4)cnn2C1. The van der Waals surface area contributed by atoms with Crippen LogP contribution in [-0.2, 0) is 42.3 Å². The molecule has 0 saturated heterocycles. The molecule has 172 valence electrons. The Balaban J connectivity index is 1.38. The predicted octanol–water partition coefficient (Wildman–Crippen LogP) is 2.08. The molecule has 5 rings (SSSR count). The van der Waals surface area contributed by atoms with Crippen LogP contribution in [0.25, 0.3) is 0 Å². The largest absolute Gasteiger partial charge is 0.477 e. The van der Waals surface area contributed by atoms with E-state index in [9.17, 15) is 13.2 Å². The number of nitrogens with one attached hydrogen (secondary N) is 2. The summed E-state index contributed by atoms with van der Waals surface area (Å²) in [6, 6.07) is 1.70. The van der Waals surface area contributed by atoms with Gasteiger partial charge in [-0.2, -0.15) is 5.10 Å². The second-order valence-electron chi connectivity index (χ2n) is 9.04. The Morgan fingerprint density at radius 2 is 1.84 bits per heavy atom. The summed E-state index contributed by atoms with van der Waals surface area (Å²) < 4.78 is 35.5. The highest BCUT2D eigenvalue weighted by atomic mass is 32.2. The molecule has 1 atom stereocenters. The van der Waals surface area contributed by atoms with Crippen LogP contribution in [0.15, 0.2) is 17.2 Å². The molecule has 2 aromatic rings. The summed E-state index contributed by atoms with van der Waals surface area (Å²) in [5, 5.41) is 7.09. The first kappa shape index (κ1) is 21.3. The molecule has 0 bridgehead atoms. The van der Waals surface area contributed by atoms with Gasteiger partial charge < -0.3 is 15.0 Å². The third kappa shape index (κ3) is 3.75. The van der Waals surface area contributed by atoms with E-state index in [0.29, 0.717) is 13.2 Å². The lowest BCUT2D eigenvalue weighted by atomic mass is 9.99. The van der Waals surface area contributed by atoms with Crippen LogP contribution in [0.4, 0.5) is 10.5 Å². The number of benzene rings is 1. The molecule has 1 aromatic carbocycles. The third-order valence-electron chi connectivity index (χ3n) is 6.79. The Morgan fingerprint density at radius 1 is 1.16 bits per heavy atom. The normalized spacial score (nSPS) is 19.7. The number of nitrogens with zero attached hydrogens (tertiary/aromatic N) is 3. The van der Waals surface area contributed by atoms with Crippen LogP contribution in [0.1, 0.15) is 41.5 Å². The lowest BCUT2D eigenvalue weighted by Crippen LogP contribution is -2.35. The zero-order chi connectivity index (χ0) is 22.5. The van der Waals surface area contributed by atoms with Gasteiger partial charge in [0, 0.05) is 11.7 Å². The molecule has 10 heteroatoms. The summed E-state index contributed by atoms with van der Waals surface area (Å²) in [5.41, 5.74) is 5.65. The zero-order valence-electron chi connectivity index (χ0n) is 18.5. The Hall–Kier alpha value is -2.59. The van der Waals surface area contributed by atoms with E-state index in [1.54, 1.807) is 4.68 Å². The number of aromatic nitrogens is 2. The van der Waals surface area contributed by atoms with Crippen molar-refractivity contribution in [1.29, 1.82) is 0 Å². The highest BCUT2D eigenvalue weighted by Crippen LogP contribution is 2.38. The minimum absolute atomic E-state index is 0.115. The van der Waals surface area contributed by atoms with Crippen molar-refractivity contribution in [2.45, 2.75) is 62.4 Å². The zero-order valence-corrected chi connectivity index (χ0v) is 19.3. The quantitative estimate of drug-likeness (QED) is 0.725. The molecule has 0 fully saturated rings. The van der Waals surface area contributed by atoms with Gasteiger partial charge >= 0.3 is 6.03 Å². The van der Waals surface area contributed by atoms with Gasteiger partial charge in [-0.3, -0.25) is 0 Å². The van der Waals surface area contributed by atoms with Gasteiger partial charge in [-0.05, 0) is 81.3 Å². The van der Waals surface area contributed by atoms with Gasteiger partial charge in [0.25, 0.3) is 10.0 Å². The molecule has 9 nitrogen and oxygen atoms in total. The van der Waals surface area contributed by atoms with E-state index in [1.807, 2.05) is 14.1 Å². The fourth-order valence-corrected chi connectivity index (χ4v) is 6.09. The molecule has 1 aliphatic heterocycles. The number of sulfonamides is 1. The van der Waals surface area contributed by atoms with E-state index < -0.39 is 16.1 Å². The van der Waals surface area contributed by atoms with Crippen molar-refractivity contribution in [3.63, 3.8) is 0 Å². The van der Waals surface area contributed by atoms with E-state index in [2.05, 4.69) is 26.1 Å². The lowest BCUT2D eigenvalue weighted by molar-refractivity contribution is 0.231. The number of carbonyl (C=O) groups is 1. The first-order valence-electron chi connectivity index (χ1n) is 11.2. The molecule has 2 heterocycles. The number of aryl methyl sites for hydroxylation is 2. The molecule has 0 saturated carbocycles. The standard InChI is InChI=1S/C22H29N5O4S/c1-26(2)16-9-10-31-21-19(12-23-27(21)13-16)32(29,30)25-22(28)24-20-17-7-3-5-14(17)11-15-6-4-8-18(15)20/h11-12,16H,3-10,13H2,1-2H3,(H2,24,25,28). The average molecular weight is 460 g/mol. The maximum Gasteiger partial charge on any atom is 0.333 e. The van der Waals surface area contributed by atoms with Crippen molar-refractivity contribution < 1.29 is 17.9 Å². The number of carbonyl (C=O) groups excluding carboxylic acids is 1. The second kappa shape index (κ2) is 8.08. The van der Waals surface area contributed by atoms with Crippen molar-refractivity contribution in [2.24, 2.45) is 0 Å².